The van der Waals surface area contributed by atoms with Crippen LogP contribution in [-0.2, 0) is 9.93 Å². The van der Waals surface area contributed by atoms with Crippen LogP contribution < -0.4 is 0 Å². The molecule has 0 nitrogen and oxygen atoms in total. The number of allylic oxidation sites excluding steroid dienone is 2. The van der Waals surface area contributed by atoms with E-state index in [-0.39, 0.29) is 9.93 Å². The standard InChI is InChI=1S/C24H17S2/c1-3-7-20-15-22(10-9-18(20)5-1)23-13-14-26(25-17-23)24-12-11-19-6-2-4-8-21(19)16-24/h1-17H/q+1. The van der Waals surface area contributed by atoms with Gasteiger partial charge in [-0.3, -0.25) is 0 Å². The van der Waals surface area contributed by atoms with Crippen molar-refractivity contribution in [2.24, 2.45) is 0 Å². The van der Waals surface area contributed by atoms with Crippen LogP contribution in [0.5, 0.6) is 0 Å². The monoisotopic (exact) mass is 369 g/mol. The SMILES string of the molecule is C1=C[S+](c2ccc3ccccc3c2)SC=C1c1ccc2ccccc2c1. The molecule has 0 fully saturated rings. The zero-order chi connectivity index (χ0) is 17.3. The van der Waals surface area contributed by atoms with Crippen LogP contribution in [0.25, 0.3) is 27.1 Å². The van der Waals surface area contributed by atoms with Crippen LogP contribution >= 0.6 is 10.8 Å². The fourth-order valence-corrected chi connectivity index (χ4v) is 6.37. The molecule has 0 bridgehead atoms. The fourth-order valence-electron chi connectivity index (χ4n) is 3.27. The molecule has 0 N–H and O–H groups in total. The van der Waals surface area contributed by atoms with E-state index in [1.807, 2.05) is 10.8 Å². The second-order valence-corrected chi connectivity index (χ2v) is 9.76. The Balaban J connectivity index is 1.43. The zero-order valence-electron chi connectivity index (χ0n) is 14.1. The molecular formula is C24H17S2+. The summed E-state index contributed by atoms with van der Waals surface area (Å²) in [6.45, 7) is 0. The Labute approximate surface area is 160 Å². The third-order valence-electron chi connectivity index (χ3n) is 4.69. The summed E-state index contributed by atoms with van der Waals surface area (Å²) in [6.07, 6.45) is 2.28. The maximum Gasteiger partial charge on any atom is 0.174 e. The highest BCUT2D eigenvalue weighted by atomic mass is 33.1. The Kier molecular flexibility index (Phi) is 4.08. The molecule has 5 rings (SSSR count). The number of hydrogen-bond acceptors (Lipinski definition) is 1. The average Bonchev–Trinajstić information content (AvgIpc) is 2.73. The van der Waals surface area contributed by atoms with E-state index >= 15 is 0 Å². The topological polar surface area (TPSA) is 0 Å². The van der Waals surface area contributed by atoms with E-state index in [0.717, 1.165) is 0 Å². The Morgan fingerprint density at radius 1 is 0.615 bits per heavy atom. The second-order valence-electron chi connectivity index (χ2n) is 6.34. The van der Waals surface area contributed by atoms with Crippen molar-refractivity contribution in [1.82, 2.24) is 0 Å². The first-order valence-corrected chi connectivity index (χ1v) is 11.3. The summed E-state index contributed by atoms with van der Waals surface area (Å²) >= 11 is 0. The Morgan fingerprint density at radius 3 is 1.96 bits per heavy atom. The minimum atomic E-state index is 0.0741. The largest absolute Gasteiger partial charge is 0.174 e. The van der Waals surface area contributed by atoms with E-state index in [1.165, 1.54) is 37.6 Å². The van der Waals surface area contributed by atoms with Gasteiger partial charge >= 0.3 is 0 Å². The summed E-state index contributed by atoms with van der Waals surface area (Å²) in [7, 11) is 1.99. The van der Waals surface area contributed by atoms with E-state index in [0.29, 0.717) is 0 Å². The van der Waals surface area contributed by atoms with Crippen molar-refractivity contribution < 1.29 is 0 Å². The normalized spacial score (nSPS) is 16.8. The third kappa shape index (κ3) is 2.96. The maximum absolute atomic E-state index is 2.35. The molecule has 0 saturated carbocycles. The smallest absolute Gasteiger partial charge is 0.0616 e. The van der Waals surface area contributed by atoms with Gasteiger partial charge in [0, 0.05) is 11.5 Å². The van der Waals surface area contributed by atoms with Gasteiger partial charge in [0.05, 0.1) is 0 Å². The van der Waals surface area contributed by atoms with Crippen LogP contribution in [0.2, 0.25) is 0 Å². The summed E-state index contributed by atoms with van der Waals surface area (Å²) in [5, 5.41) is 9.86. The van der Waals surface area contributed by atoms with Crippen molar-refractivity contribution >= 4 is 47.8 Å². The summed E-state index contributed by atoms with van der Waals surface area (Å²) in [6, 6.07) is 30.6. The fraction of sp³-hybridized carbons (Fsp3) is 0. The van der Waals surface area contributed by atoms with Crippen LogP contribution in [0.4, 0.5) is 0 Å². The van der Waals surface area contributed by atoms with E-state index in [9.17, 15) is 0 Å². The van der Waals surface area contributed by atoms with Crippen LogP contribution in [0, 0.1) is 0 Å². The molecular weight excluding hydrogens is 352 g/mol. The third-order valence-corrected chi connectivity index (χ3v) is 8.17. The van der Waals surface area contributed by atoms with Gasteiger partial charge in [0.2, 0.25) is 0 Å². The lowest BCUT2D eigenvalue weighted by Crippen LogP contribution is -1.96. The molecule has 2 heteroatoms. The molecule has 0 aromatic heterocycles. The molecule has 0 amide bonds. The van der Waals surface area contributed by atoms with Crippen molar-refractivity contribution in [2.75, 3.05) is 0 Å². The van der Waals surface area contributed by atoms with E-state index in [1.54, 1.807) is 0 Å². The molecule has 0 spiro atoms. The van der Waals surface area contributed by atoms with Crippen LogP contribution in [0.1, 0.15) is 5.56 Å². The second kappa shape index (κ2) is 6.71. The molecule has 1 aliphatic heterocycles. The first-order valence-electron chi connectivity index (χ1n) is 8.63. The van der Waals surface area contributed by atoms with E-state index in [2.05, 4.69) is 102 Å². The molecule has 4 aromatic carbocycles. The Bertz CT molecular complexity index is 1170. The van der Waals surface area contributed by atoms with Crippen LogP contribution in [0.15, 0.2) is 107 Å². The number of rotatable bonds is 2. The molecule has 1 atom stereocenters. The summed E-state index contributed by atoms with van der Waals surface area (Å²) < 4.78 is 0. The molecule has 4 aromatic rings. The highest BCUT2D eigenvalue weighted by Crippen LogP contribution is 2.37. The number of hydrogen-bond donors (Lipinski definition) is 0. The van der Waals surface area contributed by atoms with Gasteiger partial charge in [-0.05, 0) is 57.0 Å². The lowest BCUT2D eigenvalue weighted by molar-refractivity contribution is 1.51. The first-order chi connectivity index (χ1) is 12.9. The Morgan fingerprint density at radius 2 is 1.27 bits per heavy atom. The molecule has 0 radical (unpaired) electrons. The van der Waals surface area contributed by atoms with Crippen molar-refractivity contribution in [3.8, 4) is 0 Å². The van der Waals surface area contributed by atoms with Crippen LogP contribution in [-0.4, -0.2) is 0 Å². The summed E-state index contributed by atoms with van der Waals surface area (Å²) in [5.41, 5.74) is 2.58. The lowest BCUT2D eigenvalue weighted by Gasteiger charge is -2.09. The summed E-state index contributed by atoms with van der Waals surface area (Å²) in [5.74, 6) is 0. The number of benzene rings is 4. The minimum absolute atomic E-state index is 0.0741. The molecule has 1 unspecified atom stereocenters. The van der Waals surface area contributed by atoms with Crippen molar-refractivity contribution in [3.05, 3.63) is 107 Å². The minimum Gasteiger partial charge on any atom is -0.0616 e. The first kappa shape index (κ1) is 15.8. The molecule has 0 saturated heterocycles. The predicted octanol–water partition coefficient (Wildman–Crippen LogP) is 7.19. The summed E-state index contributed by atoms with van der Waals surface area (Å²) in [4.78, 5) is 1.39. The molecule has 26 heavy (non-hydrogen) atoms. The van der Waals surface area contributed by atoms with Gasteiger partial charge in [-0.2, -0.15) is 0 Å². The van der Waals surface area contributed by atoms with Gasteiger partial charge in [0.1, 0.15) is 26.1 Å². The van der Waals surface area contributed by atoms with Crippen molar-refractivity contribution in [1.29, 1.82) is 0 Å². The molecule has 0 aliphatic carbocycles. The lowest BCUT2D eigenvalue weighted by atomic mass is 10.0. The van der Waals surface area contributed by atoms with Crippen LogP contribution in [0.3, 0.4) is 0 Å². The molecule has 1 aliphatic rings. The van der Waals surface area contributed by atoms with E-state index < -0.39 is 0 Å². The van der Waals surface area contributed by atoms with Gasteiger partial charge in [-0.15, -0.1) is 0 Å². The van der Waals surface area contributed by atoms with E-state index in [4.69, 9.17) is 0 Å². The Hall–Kier alpha value is -2.42. The highest BCUT2D eigenvalue weighted by molar-refractivity contribution is 8.76. The van der Waals surface area contributed by atoms with Gasteiger partial charge in [0.25, 0.3) is 0 Å². The van der Waals surface area contributed by atoms with Gasteiger partial charge in [0.15, 0.2) is 4.90 Å². The maximum atomic E-state index is 2.35. The predicted molar refractivity (Wildman–Crippen MR) is 118 cm³/mol. The quantitative estimate of drug-likeness (QED) is 0.266. The van der Waals surface area contributed by atoms with Gasteiger partial charge in [-0.1, -0.05) is 60.7 Å². The highest BCUT2D eigenvalue weighted by Gasteiger charge is 2.24. The van der Waals surface area contributed by atoms with Gasteiger partial charge < -0.3 is 0 Å². The van der Waals surface area contributed by atoms with Crippen molar-refractivity contribution in [3.63, 3.8) is 0 Å². The number of fused-ring (bicyclic) bond motifs is 2. The zero-order valence-corrected chi connectivity index (χ0v) is 15.8. The molecule has 1 heterocycles. The van der Waals surface area contributed by atoms with Crippen molar-refractivity contribution in [2.45, 2.75) is 4.90 Å². The molecule has 124 valence electrons. The average molecular weight is 370 g/mol. The van der Waals surface area contributed by atoms with Gasteiger partial charge in [-0.25, -0.2) is 0 Å².